The second kappa shape index (κ2) is 8.19. The normalized spacial score (nSPS) is 14.9. The van der Waals surface area contributed by atoms with Crippen LogP contribution in [0.4, 0.5) is 5.82 Å². The lowest BCUT2D eigenvalue weighted by molar-refractivity contribution is -0.129. The third-order valence-electron chi connectivity index (χ3n) is 5.62. The van der Waals surface area contributed by atoms with Crippen LogP contribution >= 0.6 is 0 Å². The van der Waals surface area contributed by atoms with Gasteiger partial charge in [0.05, 0.1) is 17.3 Å². The Labute approximate surface area is 185 Å². The largest absolute Gasteiger partial charge is 0.457 e. The zero-order chi connectivity index (χ0) is 22.1. The van der Waals surface area contributed by atoms with Crippen molar-refractivity contribution in [3.63, 3.8) is 0 Å². The molecule has 2 N–H and O–H groups in total. The number of ether oxygens (including phenoxy) is 1. The van der Waals surface area contributed by atoms with Gasteiger partial charge in [0.15, 0.2) is 0 Å². The summed E-state index contributed by atoms with van der Waals surface area (Å²) >= 11 is 0. The third kappa shape index (κ3) is 3.80. The van der Waals surface area contributed by atoms with Gasteiger partial charge in [-0.05, 0) is 48.5 Å². The lowest BCUT2D eigenvalue weighted by Gasteiger charge is -2.39. The quantitative estimate of drug-likeness (QED) is 0.589. The van der Waals surface area contributed by atoms with Crippen LogP contribution < -0.4 is 15.4 Å². The molecular weight excluding hydrogens is 404 g/mol. The maximum Gasteiger partial charge on any atom is 0.252 e. The van der Waals surface area contributed by atoms with Crippen molar-refractivity contribution < 1.29 is 14.3 Å². The topological polar surface area (TPSA) is 83.6 Å². The number of carbonyl (C=O) groups excluding carboxylic acids is 2. The molecule has 2 aliphatic rings. The van der Waals surface area contributed by atoms with Gasteiger partial charge in [0.2, 0.25) is 5.91 Å². The van der Waals surface area contributed by atoms with E-state index in [1.807, 2.05) is 54.6 Å². The highest BCUT2D eigenvalue weighted by molar-refractivity contribution is 6.01. The Bertz CT molecular complexity index is 1190. The van der Waals surface area contributed by atoms with Crippen LogP contribution in [0.3, 0.4) is 0 Å². The number of amides is 2. The SMILES string of the molecule is C=CC(=O)N1CC(Nc2cc3c(c(-c4ccc(Oc5ccccc5)cc4)n2)CNC3=O)C1. The molecule has 2 amide bonds. The van der Waals surface area contributed by atoms with E-state index in [0.717, 1.165) is 28.3 Å². The Balaban J connectivity index is 1.38. The van der Waals surface area contributed by atoms with Crippen molar-refractivity contribution >= 4 is 17.6 Å². The number of anilines is 1. The van der Waals surface area contributed by atoms with Gasteiger partial charge in [0.25, 0.3) is 5.91 Å². The molecule has 0 atom stereocenters. The van der Waals surface area contributed by atoms with Crippen LogP contribution in [0.5, 0.6) is 11.5 Å². The maximum atomic E-state index is 12.4. The molecule has 0 radical (unpaired) electrons. The molecule has 7 nitrogen and oxygen atoms in total. The summed E-state index contributed by atoms with van der Waals surface area (Å²) < 4.78 is 5.88. The van der Waals surface area contributed by atoms with Crippen molar-refractivity contribution in [1.82, 2.24) is 15.2 Å². The predicted molar refractivity (Wildman–Crippen MR) is 122 cm³/mol. The molecule has 1 aromatic heterocycles. The number of nitrogens with zero attached hydrogens (tertiary/aromatic N) is 2. The fraction of sp³-hybridized carbons (Fsp3) is 0.160. The molecule has 1 saturated heterocycles. The molecule has 0 saturated carbocycles. The van der Waals surface area contributed by atoms with Crippen LogP contribution in [-0.2, 0) is 11.3 Å². The van der Waals surface area contributed by atoms with E-state index in [2.05, 4.69) is 17.2 Å². The first-order valence-corrected chi connectivity index (χ1v) is 10.4. The Morgan fingerprint density at radius 2 is 1.84 bits per heavy atom. The van der Waals surface area contributed by atoms with E-state index in [-0.39, 0.29) is 17.9 Å². The highest BCUT2D eigenvalue weighted by Gasteiger charge is 2.31. The maximum absolute atomic E-state index is 12.4. The number of aromatic nitrogens is 1. The lowest BCUT2D eigenvalue weighted by atomic mass is 10.0. The molecule has 5 rings (SSSR count). The van der Waals surface area contributed by atoms with Gasteiger partial charge < -0.3 is 20.3 Å². The van der Waals surface area contributed by atoms with E-state index in [4.69, 9.17) is 9.72 Å². The van der Waals surface area contributed by atoms with Gasteiger partial charge in [-0.3, -0.25) is 9.59 Å². The van der Waals surface area contributed by atoms with Gasteiger partial charge in [-0.15, -0.1) is 0 Å². The van der Waals surface area contributed by atoms with Crippen LogP contribution in [-0.4, -0.2) is 40.8 Å². The summed E-state index contributed by atoms with van der Waals surface area (Å²) in [5.41, 5.74) is 3.17. The summed E-state index contributed by atoms with van der Waals surface area (Å²) in [4.78, 5) is 30.5. The minimum absolute atomic E-state index is 0.0807. The monoisotopic (exact) mass is 426 g/mol. The predicted octanol–water partition coefficient (Wildman–Crippen LogP) is 3.59. The van der Waals surface area contributed by atoms with Crippen LogP contribution in [0, 0.1) is 0 Å². The molecule has 0 bridgehead atoms. The molecule has 3 heterocycles. The summed E-state index contributed by atoms with van der Waals surface area (Å²) in [6.45, 7) is 5.13. The number of carbonyl (C=O) groups is 2. The minimum atomic E-state index is -0.104. The smallest absolute Gasteiger partial charge is 0.252 e. The molecule has 0 spiro atoms. The van der Waals surface area contributed by atoms with Crippen LogP contribution in [0.1, 0.15) is 15.9 Å². The number of pyridine rings is 1. The molecule has 0 unspecified atom stereocenters. The standard InChI is InChI=1S/C25H22N4O3/c1-2-23(30)29-14-17(15-29)27-22-12-20-21(13-26-25(20)31)24(28-22)16-8-10-19(11-9-16)32-18-6-4-3-5-7-18/h2-12,17H,1,13-15H2,(H,26,31)(H,27,28). The molecule has 1 fully saturated rings. The number of hydrogen-bond acceptors (Lipinski definition) is 5. The molecule has 7 heteroatoms. The van der Waals surface area contributed by atoms with Gasteiger partial charge in [-0.25, -0.2) is 4.98 Å². The van der Waals surface area contributed by atoms with Crippen molar-refractivity contribution in [2.24, 2.45) is 0 Å². The van der Waals surface area contributed by atoms with E-state index in [9.17, 15) is 9.59 Å². The number of benzene rings is 2. The first-order chi connectivity index (χ1) is 15.6. The average Bonchev–Trinajstić information content (AvgIpc) is 3.17. The van der Waals surface area contributed by atoms with Gasteiger partial charge in [-0.1, -0.05) is 24.8 Å². The fourth-order valence-electron chi connectivity index (χ4n) is 3.92. The second-order valence-electron chi connectivity index (χ2n) is 7.79. The van der Waals surface area contributed by atoms with Crippen molar-refractivity contribution in [2.45, 2.75) is 12.6 Å². The lowest BCUT2D eigenvalue weighted by Crippen LogP contribution is -2.56. The summed E-state index contributed by atoms with van der Waals surface area (Å²) in [7, 11) is 0. The zero-order valence-corrected chi connectivity index (χ0v) is 17.4. The Kier molecular flexibility index (Phi) is 5.07. The van der Waals surface area contributed by atoms with E-state index >= 15 is 0 Å². The highest BCUT2D eigenvalue weighted by Crippen LogP contribution is 2.32. The Hall–Kier alpha value is -4.13. The fourth-order valence-corrected chi connectivity index (χ4v) is 3.92. The number of rotatable bonds is 6. The van der Waals surface area contributed by atoms with E-state index < -0.39 is 0 Å². The molecule has 0 aliphatic carbocycles. The van der Waals surface area contributed by atoms with Crippen molar-refractivity contribution in [1.29, 1.82) is 0 Å². The van der Waals surface area contributed by atoms with E-state index in [1.54, 1.807) is 11.0 Å². The molecule has 160 valence electrons. The Morgan fingerprint density at radius 1 is 1.12 bits per heavy atom. The van der Waals surface area contributed by atoms with Crippen LogP contribution in [0.25, 0.3) is 11.3 Å². The first-order valence-electron chi connectivity index (χ1n) is 10.4. The van der Waals surface area contributed by atoms with Crippen LogP contribution in [0.15, 0.2) is 73.3 Å². The molecule has 2 aliphatic heterocycles. The van der Waals surface area contributed by atoms with Gasteiger partial charge in [-0.2, -0.15) is 0 Å². The molecule has 32 heavy (non-hydrogen) atoms. The number of hydrogen-bond donors (Lipinski definition) is 2. The molecular formula is C25H22N4O3. The van der Waals surface area contributed by atoms with E-state index in [0.29, 0.717) is 31.0 Å². The molecule has 3 aromatic rings. The van der Waals surface area contributed by atoms with Gasteiger partial charge in [0, 0.05) is 30.8 Å². The summed E-state index contributed by atoms with van der Waals surface area (Å²) in [5.74, 6) is 1.93. The van der Waals surface area contributed by atoms with Gasteiger partial charge >= 0.3 is 0 Å². The number of fused-ring (bicyclic) bond motifs is 1. The van der Waals surface area contributed by atoms with Crippen molar-refractivity contribution in [3.8, 4) is 22.8 Å². The highest BCUT2D eigenvalue weighted by atomic mass is 16.5. The van der Waals surface area contributed by atoms with Crippen LogP contribution in [0.2, 0.25) is 0 Å². The Morgan fingerprint density at radius 3 is 2.56 bits per heavy atom. The first kappa shape index (κ1) is 19.8. The van der Waals surface area contributed by atoms with Crippen molar-refractivity contribution in [3.05, 3.63) is 84.4 Å². The van der Waals surface area contributed by atoms with Gasteiger partial charge in [0.1, 0.15) is 17.3 Å². The number of likely N-dealkylation sites (tertiary alicyclic amines) is 1. The third-order valence-corrected chi connectivity index (χ3v) is 5.62. The second-order valence-corrected chi connectivity index (χ2v) is 7.79. The van der Waals surface area contributed by atoms with Crippen molar-refractivity contribution in [2.75, 3.05) is 18.4 Å². The summed E-state index contributed by atoms with van der Waals surface area (Å²) in [6.07, 6.45) is 1.32. The molecule has 2 aromatic carbocycles. The number of nitrogens with one attached hydrogen (secondary N) is 2. The minimum Gasteiger partial charge on any atom is -0.457 e. The summed E-state index contributed by atoms with van der Waals surface area (Å²) in [5, 5.41) is 6.23. The average molecular weight is 426 g/mol. The zero-order valence-electron chi connectivity index (χ0n) is 17.4. The van der Waals surface area contributed by atoms with E-state index in [1.165, 1.54) is 6.08 Å². The number of para-hydroxylation sites is 1. The summed E-state index contributed by atoms with van der Waals surface area (Å²) in [6, 6.07) is 19.1.